The third kappa shape index (κ3) is 5.65. The lowest BCUT2D eigenvalue weighted by molar-refractivity contribution is -0.114. The number of aromatic hydroxyl groups is 2. The Balaban J connectivity index is 1.94. The molecule has 0 spiro atoms. The maximum atomic E-state index is 12.0. The van der Waals surface area contributed by atoms with Gasteiger partial charge < -0.3 is 14.9 Å². The molecular weight excluding hydrogens is 304 g/mol. The van der Waals surface area contributed by atoms with Crippen LogP contribution < -0.4 is 0 Å². The van der Waals surface area contributed by atoms with E-state index < -0.39 is 0 Å². The fraction of sp³-hybridized carbons (Fsp3) is 0.150. The van der Waals surface area contributed by atoms with Gasteiger partial charge in [0.1, 0.15) is 17.3 Å². The zero-order valence-electron chi connectivity index (χ0n) is 13.5. The number of methoxy groups -OCH3 is 1. The zero-order chi connectivity index (χ0) is 17.4. The molecule has 0 saturated heterocycles. The Morgan fingerprint density at radius 2 is 1.58 bits per heavy atom. The van der Waals surface area contributed by atoms with Gasteiger partial charge in [-0.3, -0.25) is 4.79 Å². The number of hydrogen-bond donors (Lipinski definition) is 2. The highest BCUT2D eigenvalue weighted by atomic mass is 16.5. The molecule has 2 aromatic rings. The molecule has 4 nitrogen and oxygen atoms in total. The van der Waals surface area contributed by atoms with E-state index in [1.54, 1.807) is 54.6 Å². The Bertz CT molecular complexity index is 725. The molecule has 0 amide bonds. The first-order valence-electron chi connectivity index (χ1n) is 7.60. The number of carbonyl (C=O) groups is 1. The first kappa shape index (κ1) is 17.3. The third-order valence-electron chi connectivity index (χ3n) is 3.47. The number of allylic oxidation sites excluding steroid dienone is 2. The summed E-state index contributed by atoms with van der Waals surface area (Å²) in [5.41, 5.74) is 1.89. The van der Waals surface area contributed by atoms with E-state index in [0.29, 0.717) is 18.6 Å². The van der Waals surface area contributed by atoms with Crippen LogP contribution in [0.4, 0.5) is 0 Å². The predicted molar refractivity (Wildman–Crippen MR) is 93.7 cm³/mol. The Labute approximate surface area is 141 Å². The summed E-state index contributed by atoms with van der Waals surface area (Å²) in [6.07, 6.45) is 5.96. The lowest BCUT2D eigenvalue weighted by Gasteiger charge is -2.02. The quantitative estimate of drug-likeness (QED) is 0.461. The van der Waals surface area contributed by atoms with Crippen LogP contribution in [0.15, 0.2) is 66.4 Å². The molecule has 124 valence electrons. The van der Waals surface area contributed by atoms with E-state index >= 15 is 0 Å². The molecule has 0 bridgehead atoms. The number of rotatable bonds is 7. The summed E-state index contributed by atoms with van der Waals surface area (Å²) in [6, 6.07) is 13.5. The maximum absolute atomic E-state index is 12.0. The standard InChI is InChI=1S/C20H20O4/c1-24-20(13-7-16-4-10-18(22)11-5-16)14-19(23)12-6-15-2-8-17(21)9-3-15/h2-5,7-11,13-14,21-22H,6,12H2,1H3/b13-7+,20-14-. The van der Waals surface area contributed by atoms with Crippen LogP contribution in [0.25, 0.3) is 6.08 Å². The van der Waals surface area contributed by atoms with Gasteiger partial charge in [0.15, 0.2) is 5.78 Å². The van der Waals surface area contributed by atoms with Crippen LogP contribution in [-0.4, -0.2) is 23.1 Å². The highest BCUT2D eigenvalue weighted by Crippen LogP contribution is 2.13. The van der Waals surface area contributed by atoms with Gasteiger partial charge in [-0.15, -0.1) is 0 Å². The van der Waals surface area contributed by atoms with Crippen molar-refractivity contribution in [1.29, 1.82) is 0 Å². The summed E-state index contributed by atoms with van der Waals surface area (Å²) < 4.78 is 5.21. The molecule has 0 unspecified atom stereocenters. The minimum atomic E-state index is -0.0321. The number of ether oxygens (including phenoxy) is 1. The molecule has 2 N–H and O–H groups in total. The van der Waals surface area contributed by atoms with Gasteiger partial charge in [0.05, 0.1) is 7.11 Å². The summed E-state index contributed by atoms with van der Waals surface area (Å²) in [6.45, 7) is 0. The van der Waals surface area contributed by atoms with Crippen molar-refractivity contribution in [2.75, 3.05) is 7.11 Å². The van der Waals surface area contributed by atoms with Crippen LogP contribution in [0.3, 0.4) is 0 Å². The minimum Gasteiger partial charge on any atom is -0.508 e. The number of phenols is 2. The fourth-order valence-electron chi connectivity index (χ4n) is 2.10. The molecule has 0 aromatic heterocycles. The monoisotopic (exact) mass is 324 g/mol. The smallest absolute Gasteiger partial charge is 0.159 e. The van der Waals surface area contributed by atoms with Gasteiger partial charge >= 0.3 is 0 Å². The molecule has 0 saturated carbocycles. The normalized spacial score (nSPS) is 11.6. The molecular formula is C20H20O4. The van der Waals surface area contributed by atoms with E-state index in [2.05, 4.69) is 0 Å². The molecule has 4 heteroatoms. The molecule has 24 heavy (non-hydrogen) atoms. The van der Waals surface area contributed by atoms with Crippen molar-refractivity contribution >= 4 is 11.9 Å². The van der Waals surface area contributed by atoms with E-state index in [1.165, 1.54) is 13.2 Å². The third-order valence-corrected chi connectivity index (χ3v) is 3.47. The van der Waals surface area contributed by atoms with Gasteiger partial charge in [-0.25, -0.2) is 0 Å². The average Bonchev–Trinajstić information content (AvgIpc) is 2.59. The molecule has 0 radical (unpaired) electrons. The molecule has 0 atom stereocenters. The Hall–Kier alpha value is -3.01. The average molecular weight is 324 g/mol. The number of carbonyl (C=O) groups excluding carboxylic acids is 1. The predicted octanol–water partition coefficient (Wildman–Crippen LogP) is 3.84. The Kier molecular flexibility index (Phi) is 6.20. The van der Waals surface area contributed by atoms with E-state index in [1.807, 2.05) is 6.08 Å². The summed E-state index contributed by atoms with van der Waals surface area (Å²) >= 11 is 0. The van der Waals surface area contributed by atoms with Gasteiger partial charge in [-0.1, -0.05) is 30.3 Å². The van der Waals surface area contributed by atoms with Crippen LogP contribution in [0.1, 0.15) is 17.5 Å². The summed E-state index contributed by atoms with van der Waals surface area (Å²) in [5.74, 6) is 0.860. The van der Waals surface area contributed by atoms with Crippen molar-refractivity contribution in [3.05, 3.63) is 77.6 Å². The minimum absolute atomic E-state index is 0.0321. The van der Waals surface area contributed by atoms with Gasteiger partial charge in [0.2, 0.25) is 0 Å². The van der Waals surface area contributed by atoms with Crippen LogP contribution in [0, 0.1) is 0 Å². The summed E-state index contributed by atoms with van der Waals surface area (Å²) in [4.78, 5) is 12.0. The van der Waals surface area contributed by atoms with Crippen molar-refractivity contribution in [1.82, 2.24) is 0 Å². The topological polar surface area (TPSA) is 66.8 Å². The maximum Gasteiger partial charge on any atom is 0.159 e. The molecule has 0 aliphatic carbocycles. The van der Waals surface area contributed by atoms with Crippen molar-refractivity contribution in [3.63, 3.8) is 0 Å². The second kappa shape index (κ2) is 8.58. The number of benzene rings is 2. The van der Waals surface area contributed by atoms with Gasteiger partial charge in [-0.2, -0.15) is 0 Å². The molecule has 0 aliphatic heterocycles. The lowest BCUT2D eigenvalue weighted by Crippen LogP contribution is -1.98. The van der Waals surface area contributed by atoms with Gasteiger partial charge in [0, 0.05) is 12.5 Å². The number of aryl methyl sites for hydroxylation is 1. The van der Waals surface area contributed by atoms with E-state index in [4.69, 9.17) is 4.74 Å². The second-order valence-electron chi connectivity index (χ2n) is 5.31. The first-order valence-corrected chi connectivity index (χ1v) is 7.60. The molecule has 2 aromatic carbocycles. The summed E-state index contributed by atoms with van der Waals surface area (Å²) in [5, 5.41) is 18.5. The van der Waals surface area contributed by atoms with Crippen LogP contribution in [0.2, 0.25) is 0 Å². The van der Waals surface area contributed by atoms with Crippen molar-refractivity contribution in [2.24, 2.45) is 0 Å². The SMILES string of the molecule is COC(=C\C(=O)CCc1ccc(O)cc1)/C=C/c1ccc(O)cc1. The van der Waals surface area contributed by atoms with E-state index in [0.717, 1.165) is 11.1 Å². The molecule has 0 aliphatic rings. The highest BCUT2D eigenvalue weighted by molar-refractivity contribution is 5.90. The molecule has 2 rings (SSSR count). The van der Waals surface area contributed by atoms with Crippen molar-refractivity contribution < 1.29 is 19.7 Å². The number of phenolic OH excluding ortho intramolecular Hbond substituents is 2. The van der Waals surface area contributed by atoms with Crippen molar-refractivity contribution in [2.45, 2.75) is 12.8 Å². The van der Waals surface area contributed by atoms with Crippen LogP contribution in [-0.2, 0) is 16.0 Å². The van der Waals surface area contributed by atoms with Gasteiger partial charge in [0.25, 0.3) is 0 Å². The highest BCUT2D eigenvalue weighted by Gasteiger charge is 2.02. The first-order chi connectivity index (χ1) is 11.6. The lowest BCUT2D eigenvalue weighted by atomic mass is 10.1. The van der Waals surface area contributed by atoms with Crippen LogP contribution in [0.5, 0.6) is 11.5 Å². The van der Waals surface area contributed by atoms with E-state index in [9.17, 15) is 15.0 Å². The Morgan fingerprint density at radius 3 is 2.17 bits per heavy atom. The Morgan fingerprint density at radius 1 is 1.00 bits per heavy atom. The largest absolute Gasteiger partial charge is 0.508 e. The second-order valence-corrected chi connectivity index (χ2v) is 5.31. The van der Waals surface area contributed by atoms with Crippen LogP contribution >= 0.6 is 0 Å². The number of hydrogen-bond acceptors (Lipinski definition) is 4. The molecule has 0 fully saturated rings. The van der Waals surface area contributed by atoms with Crippen molar-refractivity contribution in [3.8, 4) is 11.5 Å². The van der Waals surface area contributed by atoms with E-state index in [-0.39, 0.29) is 17.3 Å². The van der Waals surface area contributed by atoms with Gasteiger partial charge in [-0.05, 0) is 47.9 Å². The number of ketones is 1. The zero-order valence-corrected chi connectivity index (χ0v) is 13.5. The fourth-order valence-corrected chi connectivity index (χ4v) is 2.10. The summed E-state index contributed by atoms with van der Waals surface area (Å²) in [7, 11) is 1.51. The molecule has 0 heterocycles.